The number of hydrogen-bond donors (Lipinski definition) is 0. The van der Waals surface area contributed by atoms with Gasteiger partial charge >= 0.3 is 6.09 Å². The second kappa shape index (κ2) is 3.59. The summed E-state index contributed by atoms with van der Waals surface area (Å²) in [6.45, 7) is 5.45. The van der Waals surface area contributed by atoms with Crippen LogP contribution in [-0.4, -0.2) is 26.2 Å². The second-order valence-electron chi connectivity index (χ2n) is 4.44. The Morgan fingerprint density at radius 3 is 2.81 bits per heavy atom. The summed E-state index contributed by atoms with van der Waals surface area (Å²) in [5.41, 5.74) is 0.660. The van der Waals surface area contributed by atoms with Gasteiger partial charge in [0, 0.05) is 6.20 Å². The fourth-order valence-electron chi connectivity index (χ4n) is 1.29. The highest BCUT2D eigenvalue weighted by molar-refractivity contribution is 5.83. The molecule has 2 aromatic rings. The molecule has 84 valence electrons. The number of fused-ring (bicyclic) bond motifs is 1. The molecule has 0 bridgehead atoms. The highest BCUT2D eigenvalue weighted by Crippen LogP contribution is 2.13. The molecule has 2 aromatic heterocycles. The van der Waals surface area contributed by atoms with Gasteiger partial charge in [-0.3, -0.25) is 0 Å². The van der Waals surface area contributed by atoms with Crippen LogP contribution in [0.15, 0.2) is 24.7 Å². The average Bonchev–Trinajstić information content (AvgIpc) is 2.58. The van der Waals surface area contributed by atoms with Crippen molar-refractivity contribution in [3.63, 3.8) is 0 Å². The van der Waals surface area contributed by atoms with E-state index in [0.717, 1.165) is 0 Å². The molecule has 0 saturated carbocycles. The second-order valence-corrected chi connectivity index (χ2v) is 4.44. The molecule has 0 aliphatic carbocycles. The minimum Gasteiger partial charge on any atom is -0.443 e. The Bertz CT molecular complexity index is 525. The van der Waals surface area contributed by atoms with Crippen LogP contribution in [0.25, 0.3) is 11.2 Å². The van der Waals surface area contributed by atoms with Crippen LogP contribution < -0.4 is 0 Å². The smallest absolute Gasteiger partial charge is 0.421 e. The molecule has 0 aliphatic heterocycles. The van der Waals surface area contributed by atoms with Gasteiger partial charge in [-0.05, 0) is 32.9 Å². The number of ether oxygens (including phenoxy) is 1. The predicted molar refractivity (Wildman–Crippen MR) is 59.2 cm³/mol. The fraction of sp³-hybridized carbons (Fsp3) is 0.364. The van der Waals surface area contributed by atoms with Crippen molar-refractivity contribution in [2.45, 2.75) is 26.4 Å². The van der Waals surface area contributed by atoms with Gasteiger partial charge in [0.25, 0.3) is 0 Å². The summed E-state index contributed by atoms with van der Waals surface area (Å²) in [7, 11) is 0. The summed E-state index contributed by atoms with van der Waals surface area (Å²) < 4.78 is 6.54. The van der Waals surface area contributed by atoms with Crippen molar-refractivity contribution in [1.82, 2.24) is 14.5 Å². The van der Waals surface area contributed by atoms with Gasteiger partial charge in [0.15, 0.2) is 5.65 Å². The molecule has 0 aromatic carbocycles. The standard InChI is InChI=1S/C11H13N3O2/c1-11(2,3)16-10(15)14-7-13-8-5-4-6-12-9(8)14/h4-7H,1-3H3. The van der Waals surface area contributed by atoms with E-state index in [-0.39, 0.29) is 0 Å². The molecule has 16 heavy (non-hydrogen) atoms. The molecule has 0 fully saturated rings. The first-order valence-electron chi connectivity index (χ1n) is 4.99. The Labute approximate surface area is 93.1 Å². The van der Waals surface area contributed by atoms with Crippen molar-refractivity contribution in [2.75, 3.05) is 0 Å². The number of hydrogen-bond acceptors (Lipinski definition) is 4. The number of imidazole rings is 1. The molecule has 2 heterocycles. The van der Waals surface area contributed by atoms with Gasteiger partial charge in [-0.2, -0.15) is 0 Å². The highest BCUT2D eigenvalue weighted by Gasteiger charge is 2.19. The average molecular weight is 219 g/mol. The van der Waals surface area contributed by atoms with E-state index in [0.29, 0.717) is 11.2 Å². The molecule has 0 unspecified atom stereocenters. The topological polar surface area (TPSA) is 57.0 Å². The third-order valence-corrected chi connectivity index (χ3v) is 1.90. The highest BCUT2D eigenvalue weighted by atomic mass is 16.6. The molecule has 0 amide bonds. The number of aromatic nitrogens is 3. The SMILES string of the molecule is CC(C)(C)OC(=O)n1cnc2cccnc21. The van der Waals surface area contributed by atoms with Crippen LogP contribution in [0.5, 0.6) is 0 Å². The maximum Gasteiger partial charge on any atom is 0.421 e. The molecular formula is C11H13N3O2. The summed E-state index contributed by atoms with van der Waals surface area (Å²) in [6, 6.07) is 3.57. The fourth-order valence-corrected chi connectivity index (χ4v) is 1.29. The Morgan fingerprint density at radius 1 is 1.38 bits per heavy atom. The van der Waals surface area contributed by atoms with E-state index in [1.54, 1.807) is 18.3 Å². The van der Waals surface area contributed by atoms with E-state index < -0.39 is 11.7 Å². The predicted octanol–water partition coefficient (Wildman–Crippen LogP) is 2.21. The molecule has 5 nitrogen and oxygen atoms in total. The van der Waals surface area contributed by atoms with Gasteiger partial charge in [0.2, 0.25) is 0 Å². The molecule has 0 radical (unpaired) electrons. The van der Waals surface area contributed by atoms with E-state index in [1.807, 2.05) is 20.8 Å². The monoisotopic (exact) mass is 219 g/mol. The molecule has 0 atom stereocenters. The zero-order valence-electron chi connectivity index (χ0n) is 9.47. The zero-order valence-corrected chi connectivity index (χ0v) is 9.47. The first-order chi connectivity index (χ1) is 7.47. The van der Waals surface area contributed by atoms with E-state index in [9.17, 15) is 4.79 Å². The van der Waals surface area contributed by atoms with Crippen LogP contribution in [-0.2, 0) is 4.74 Å². The lowest BCUT2D eigenvalue weighted by molar-refractivity contribution is 0.0543. The summed E-state index contributed by atoms with van der Waals surface area (Å²) in [4.78, 5) is 20.0. The van der Waals surface area contributed by atoms with Crippen LogP contribution in [0.1, 0.15) is 20.8 Å². The molecule has 0 saturated heterocycles. The van der Waals surface area contributed by atoms with Crippen molar-refractivity contribution >= 4 is 17.3 Å². The number of pyridine rings is 1. The largest absolute Gasteiger partial charge is 0.443 e. The van der Waals surface area contributed by atoms with Crippen LogP contribution in [0.4, 0.5) is 4.79 Å². The number of rotatable bonds is 0. The van der Waals surface area contributed by atoms with Gasteiger partial charge in [-0.25, -0.2) is 19.3 Å². The molecule has 0 spiro atoms. The normalized spacial score (nSPS) is 11.7. The van der Waals surface area contributed by atoms with E-state index in [1.165, 1.54) is 10.9 Å². The minimum absolute atomic E-state index is 0.464. The zero-order chi connectivity index (χ0) is 11.8. The maximum atomic E-state index is 11.8. The van der Waals surface area contributed by atoms with Crippen LogP contribution in [0.3, 0.4) is 0 Å². The van der Waals surface area contributed by atoms with Gasteiger partial charge < -0.3 is 4.74 Å². The number of nitrogens with zero attached hydrogens (tertiary/aromatic N) is 3. The van der Waals surface area contributed by atoms with Crippen LogP contribution in [0.2, 0.25) is 0 Å². The van der Waals surface area contributed by atoms with Crippen molar-refractivity contribution in [2.24, 2.45) is 0 Å². The van der Waals surface area contributed by atoms with Crippen molar-refractivity contribution < 1.29 is 9.53 Å². The van der Waals surface area contributed by atoms with Gasteiger partial charge in [-0.15, -0.1) is 0 Å². The van der Waals surface area contributed by atoms with Gasteiger partial charge in [-0.1, -0.05) is 0 Å². The first kappa shape index (κ1) is 10.6. The van der Waals surface area contributed by atoms with Crippen LogP contribution >= 0.6 is 0 Å². The molecule has 0 N–H and O–H groups in total. The summed E-state index contributed by atoms with van der Waals surface area (Å²) in [5.74, 6) is 0. The third kappa shape index (κ3) is 2.03. The lowest BCUT2D eigenvalue weighted by Gasteiger charge is -2.19. The molecule has 2 rings (SSSR count). The molecule has 5 heteroatoms. The van der Waals surface area contributed by atoms with Crippen molar-refractivity contribution in [3.05, 3.63) is 24.7 Å². The van der Waals surface area contributed by atoms with Gasteiger partial charge in [0.1, 0.15) is 17.4 Å². The summed E-state index contributed by atoms with van der Waals surface area (Å²) >= 11 is 0. The van der Waals surface area contributed by atoms with Gasteiger partial charge in [0.05, 0.1) is 0 Å². The van der Waals surface area contributed by atoms with Crippen molar-refractivity contribution in [1.29, 1.82) is 0 Å². The summed E-state index contributed by atoms with van der Waals surface area (Å²) in [5, 5.41) is 0. The number of carbonyl (C=O) groups is 1. The van der Waals surface area contributed by atoms with E-state index >= 15 is 0 Å². The molecular weight excluding hydrogens is 206 g/mol. The Hall–Kier alpha value is -1.91. The lowest BCUT2D eigenvalue weighted by atomic mass is 10.2. The van der Waals surface area contributed by atoms with Crippen molar-refractivity contribution in [3.8, 4) is 0 Å². The third-order valence-electron chi connectivity index (χ3n) is 1.90. The number of carbonyl (C=O) groups excluding carboxylic acids is 1. The minimum atomic E-state index is -0.525. The van der Waals surface area contributed by atoms with E-state index in [4.69, 9.17) is 4.74 Å². The molecule has 0 aliphatic rings. The Morgan fingerprint density at radius 2 is 2.12 bits per heavy atom. The Balaban J connectivity index is 2.37. The Kier molecular flexibility index (Phi) is 2.38. The maximum absolute atomic E-state index is 11.8. The quantitative estimate of drug-likeness (QED) is 0.681. The summed E-state index contributed by atoms with van der Waals surface area (Å²) in [6.07, 6.45) is 2.57. The lowest BCUT2D eigenvalue weighted by Crippen LogP contribution is -2.26. The van der Waals surface area contributed by atoms with E-state index in [2.05, 4.69) is 9.97 Å². The van der Waals surface area contributed by atoms with Crippen LogP contribution in [0, 0.1) is 0 Å². The first-order valence-corrected chi connectivity index (χ1v) is 4.99.